The summed E-state index contributed by atoms with van der Waals surface area (Å²) >= 11 is 0. The molecule has 0 aromatic heterocycles. The Morgan fingerprint density at radius 3 is 2.10 bits per heavy atom. The van der Waals surface area contributed by atoms with Gasteiger partial charge in [-0.1, -0.05) is 104 Å². The summed E-state index contributed by atoms with van der Waals surface area (Å²) in [5.41, 5.74) is -4.54. The van der Waals surface area contributed by atoms with Crippen LogP contribution in [0.1, 0.15) is 118 Å². The lowest BCUT2D eigenvalue weighted by Crippen LogP contribution is -2.65. The molecule has 0 saturated heterocycles. The van der Waals surface area contributed by atoms with Crippen LogP contribution in [0, 0.1) is 29.1 Å². The van der Waals surface area contributed by atoms with Crippen LogP contribution in [-0.2, 0) is 14.3 Å². The van der Waals surface area contributed by atoms with Crippen LogP contribution in [0.3, 0.4) is 0 Å². The molecule has 0 aromatic carbocycles. The molecule has 0 heterocycles. The molecule has 0 amide bonds. The Morgan fingerprint density at radius 1 is 0.976 bits per heavy atom. The van der Waals surface area contributed by atoms with Crippen LogP contribution in [0.2, 0.25) is 0 Å². The fourth-order valence-electron chi connectivity index (χ4n) is 8.84. The predicted octanol–water partition coefficient (Wildman–Crippen LogP) is 5.18. The Balaban J connectivity index is 1.41. The van der Waals surface area contributed by atoms with Gasteiger partial charge in [-0.15, -0.1) is 0 Å². The van der Waals surface area contributed by atoms with Gasteiger partial charge >= 0.3 is 5.97 Å². The minimum atomic E-state index is -1.89. The summed E-state index contributed by atoms with van der Waals surface area (Å²) in [5.74, 6) is -3.60. The molecule has 7 heteroatoms. The van der Waals surface area contributed by atoms with Gasteiger partial charge in [0.2, 0.25) is 0 Å². The third-order valence-electron chi connectivity index (χ3n) is 11.3. The van der Waals surface area contributed by atoms with Crippen LogP contribution in [0.25, 0.3) is 0 Å². The van der Waals surface area contributed by atoms with Crippen molar-refractivity contribution in [3.63, 3.8) is 0 Å². The maximum atomic E-state index is 13.1. The van der Waals surface area contributed by atoms with E-state index in [1.807, 2.05) is 13.8 Å². The van der Waals surface area contributed by atoms with Crippen molar-refractivity contribution in [3.05, 3.63) is 23.3 Å². The molecule has 4 aliphatic rings. The summed E-state index contributed by atoms with van der Waals surface area (Å²) in [6.45, 7) is 9.10. The van der Waals surface area contributed by atoms with Crippen molar-refractivity contribution in [2.24, 2.45) is 29.1 Å². The van der Waals surface area contributed by atoms with E-state index in [-0.39, 0.29) is 25.4 Å². The third kappa shape index (κ3) is 5.27. The van der Waals surface area contributed by atoms with Crippen LogP contribution in [0.4, 0.5) is 0 Å². The molecule has 0 radical (unpaired) electrons. The molecule has 4 aliphatic carbocycles. The van der Waals surface area contributed by atoms with Gasteiger partial charge in [-0.3, -0.25) is 9.59 Å². The number of ether oxygens (including phenoxy) is 1. The number of ketones is 1. The molecule has 232 valence electrons. The highest BCUT2D eigenvalue weighted by molar-refractivity contribution is 6.04. The summed E-state index contributed by atoms with van der Waals surface area (Å²) in [5, 5.41) is 45.9. The van der Waals surface area contributed by atoms with Gasteiger partial charge in [0, 0.05) is 41.9 Å². The number of aliphatic hydroxyl groups excluding tert-OH is 2. The van der Waals surface area contributed by atoms with E-state index in [0.717, 1.165) is 19.3 Å². The average molecular weight is 575 g/mol. The molecule has 4 N–H and O–H groups in total. The molecule has 4 rings (SSSR count). The van der Waals surface area contributed by atoms with Gasteiger partial charge in [-0.05, 0) is 24.5 Å². The largest absolute Gasteiger partial charge is 0.455 e. The van der Waals surface area contributed by atoms with Crippen LogP contribution in [0.5, 0.6) is 0 Å². The summed E-state index contributed by atoms with van der Waals surface area (Å²) < 4.78 is 6.19. The van der Waals surface area contributed by atoms with E-state index in [4.69, 9.17) is 4.74 Å². The van der Waals surface area contributed by atoms with E-state index in [1.54, 1.807) is 26.0 Å². The van der Waals surface area contributed by atoms with Crippen molar-refractivity contribution in [2.75, 3.05) is 6.61 Å². The molecule has 0 aliphatic heterocycles. The van der Waals surface area contributed by atoms with Crippen molar-refractivity contribution in [2.45, 2.75) is 141 Å². The molecule has 2 saturated carbocycles. The smallest absolute Gasteiger partial charge is 0.306 e. The maximum Gasteiger partial charge on any atom is 0.306 e. The lowest BCUT2D eigenvalue weighted by Gasteiger charge is -2.52. The number of carbonyl (C=O) groups excluding carboxylic acids is 2. The highest BCUT2D eigenvalue weighted by Gasteiger charge is 2.86. The van der Waals surface area contributed by atoms with Crippen molar-refractivity contribution in [1.29, 1.82) is 0 Å². The van der Waals surface area contributed by atoms with E-state index in [9.17, 15) is 30.0 Å². The Labute approximate surface area is 246 Å². The highest BCUT2D eigenvalue weighted by Crippen LogP contribution is 2.76. The van der Waals surface area contributed by atoms with Crippen LogP contribution >= 0.6 is 0 Å². The molecule has 2 fully saturated rings. The maximum absolute atomic E-state index is 13.1. The number of hydrogen-bond acceptors (Lipinski definition) is 7. The second-order valence-electron chi connectivity index (χ2n) is 14.1. The lowest BCUT2D eigenvalue weighted by atomic mass is 9.59. The number of esters is 1. The van der Waals surface area contributed by atoms with Gasteiger partial charge in [0.1, 0.15) is 11.2 Å². The van der Waals surface area contributed by atoms with E-state index in [2.05, 4.69) is 6.92 Å². The first-order valence-corrected chi connectivity index (χ1v) is 16.2. The molecule has 0 spiro atoms. The summed E-state index contributed by atoms with van der Waals surface area (Å²) in [4.78, 5) is 26.2. The quantitative estimate of drug-likeness (QED) is 0.128. The third-order valence-corrected chi connectivity index (χ3v) is 11.3. The Hall–Kier alpha value is -1.54. The van der Waals surface area contributed by atoms with Gasteiger partial charge < -0.3 is 25.2 Å². The molecule has 8 atom stereocenters. The zero-order valence-corrected chi connectivity index (χ0v) is 26.0. The second-order valence-corrected chi connectivity index (χ2v) is 14.1. The van der Waals surface area contributed by atoms with E-state index < -0.39 is 57.8 Å². The summed E-state index contributed by atoms with van der Waals surface area (Å²) in [6.07, 6.45) is 15.5. The Kier molecular flexibility index (Phi) is 9.65. The van der Waals surface area contributed by atoms with E-state index in [1.165, 1.54) is 51.4 Å². The van der Waals surface area contributed by atoms with Crippen LogP contribution < -0.4 is 0 Å². The highest BCUT2D eigenvalue weighted by atomic mass is 16.6. The van der Waals surface area contributed by atoms with Crippen molar-refractivity contribution >= 4 is 11.8 Å². The van der Waals surface area contributed by atoms with Crippen molar-refractivity contribution in [3.8, 4) is 0 Å². The molecular formula is C34H54O7. The van der Waals surface area contributed by atoms with Gasteiger partial charge in [0.25, 0.3) is 0 Å². The Morgan fingerprint density at radius 2 is 1.54 bits per heavy atom. The van der Waals surface area contributed by atoms with Gasteiger partial charge in [0.15, 0.2) is 5.78 Å². The molecular weight excluding hydrogens is 520 g/mol. The van der Waals surface area contributed by atoms with Crippen LogP contribution in [0.15, 0.2) is 23.3 Å². The summed E-state index contributed by atoms with van der Waals surface area (Å²) in [7, 11) is 0. The van der Waals surface area contributed by atoms with E-state index in [0.29, 0.717) is 11.1 Å². The number of Topliss-reactive ketones (excluding diaryl/α,β-unsaturated/α-hetero) is 1. The van der Waals surface area contributed by atoms with Crippen LogP contribution in [-0.4, -0.2) is 61.7 Å². The predicted molar refractivity (Wildman–Crippen MR) is 158 cm³/mol. The number of unbranched alkanes of at least 4 members (excludes halogenated alkanes) is 10. The molecule has 41 heavy (non-hydrogen) atoms. The molecule has 0 aromatic rings. The number of fused-ring (bicyclic) bond motifs is 5. The monoisotopic (exact) mass is 574 g/mol. The fraction of sp³-hybridized carbons (Fsp3) is 0.824. The average Bonchev–Trinajstić information content (AvgIpc) is 3.36. The zero-order chi connectivity index (χ0) is 30.2. The number of aliphatic hydroxyl groups is 4. The topological polar surface area (TPSA) is 124 Å². The SMILES string of the molecule is CCCCCCCCCCCCCC(=O)O[C@]12C([C@@H]3C=C(CO)C[C@]4(O)C(=O)C(C)=C[C@H]4[C@@]3(O)[C@H](C)[C@H]1O)C2(C)C. The normalized spacial score (nSPS) is 38.8. The molecule has 7 nitrogen and oxygen atoms in total. The first kappa shape index (κ1) is 32.4. The zero-order valence-electron chi connectivity index (χ0n) is 26.0. The number of rotatable bonds is 14. The van der Waals surface area contributed by atoms with Crippen molar-refractivity contribution < 1.29 is 34.8 Å². The minimum Gasteiger partial charge on any atom is -0.455 e. The van der Waals surface area contributed by atoms with Gasteiger partial charge in [0.05, 0.1) is 18.3 Å². The van der Waals surface area contributed by atoms with Gasteiger partial charge in [-0.2, -0.15) is 0 Å². The molecule has 1 unspecified atom stereocenters. The molecule has 0 bridgehead atoms. The number of hydrogen-bond donors (Lipinski definition) is 4. The minimum absolute atomic E-state index is 0.0821. The first-order valence-electron chi connectivity index (χ1n) is 16.2. The Bertz CT molecular complexity index is 1050. The second kappa shape index (κ2) is 12.2. The lowest BCUT2D eigenvalue weighted by molar-refractivity contribution is -0.219. The first-order chi connectivity index (χ1) is 19.3. The summed E-state index contributed by atoms with van der Waals surface area (Å²) in [6, 6.07) is 0. The number of carbonyl (C=O) groups is 2. The fourth-order valence-corrected chi connectivity index (χ4v) is 8.84. The van der Waals surface area contributed by atoms with Crippen molar-refractivity contribution in [1.82, 2.24) is 0 Å². The standard InChI is InChI=1S/C34H54O7/c1-6-7-8-9-10-11-12-13-14-15-16-17-27(36)41-34-28(31(34,4)5)25-19-24(21-35)20-32(39)26(18-22(2)29(32)37)33(25,40)23(3)30(34)38/h18-19,23,25-26,28,30,35,38-40H,6-17,20-21H2,1-5H3/t23-,25+,26-,28?,30-,32-,33-,34-/m1/s1. The van der Waals surface area contributed by atoms with Gasteiger partial charge in [-0.25, -0.2) is 0 Å². The van der Waals surface area contributed by atoms with E-state index >= 15 is 0 Å².